The molecule has 1 unspecified atom stereocenters. The predicted molar refractivity (Wildman–Crippen MR) is 124 cm³/mol. The van der Waals surface area contributed by atoms with E-state index in [4.69, 9.17) is 32.1 Å². The SMILES string of the molecule is COc1ccc(Oc2ccc(-c3nn(C4CCCN(Cl)C4)c4ncnc(N)c34)cc2)cc1. The third-order valence-corrected chi connectivity index (χ3v) is 5.94. The fraction of sp³-hybridized carbons (Fsp3) is 0.261. The van der Waals surface area contributed by atoms with Crippen molar-refractivity contribution in [3.8, 4) is 28.5 Å². The molecule has 0 spiro atoms. The Morgan fingerprint density at radius 1 is 1.00 bits per heavy atom. The van der Waals surface area contributed by atoms with Gasteiger partial charge in [-0.15, -0.1) is 0 Å². The molecule has 0 saturated carbocycles. The van der Waals surface area contributed by atoms with Crippen LogP contribution in [0, 0.1) is 0 Å². The molecule has 1 aliphatic heterocycles. The molecule has 1 saturated heterocycles. The van der Waals surface area contributed by atoms with Gasteiger partial charge >= 0.3 is 0 Å². The Kier molecular flexibility index (Phi) is 5.55. The maximum absolute atomic E-state index is 6.28. The molecule has 8 nitrogen and oxygen atoms in total. The van der Waals surface area contributed by atoms with Crippen LogP contribution in [0.2, 0.25) is 0 Å². The van der Waals surface area contributed by atoms with Gasteiger partial charge in [-0.25, -0.2) is 19.1 Å². The van der Waals surface area contributed by atoms with E-state index in [0.29, 0.717) is 12.4 Å². The zero-order valence-corrected chi connectivity index (χ0v) is 18.4. The van der Waals surface area contributed by atoms with Gasteiger partial charge in [-0.3, -0.25) is 0 Å². The first kappa shape index (κ1) is 20.5. The number of aromatic nitrogens is 4. The standard InChI is InChI=1S/C23H23ClN6O2/c1-31-17-8-10-19(11-9-17)32-18-6-4-15(5-7-18)21-20-22(25)26-14-27-23(20)30(28-21)16-3-2-12-29(24)13-16/h4-11,14,16H,2-3,12-13H2,1H3,(H2,25,26,27). The second-order valence-electron chi connectivity index (χ2n) is 7.72. The number of fused-ring (bicyclic) bond motifs is 1. The molecular formula is C23H23ClN6O2. The highest BCUT2D eigenvalue weighted by Gasteiger charge is 2.26. The fourth-order valence-electron chi connectivity index (χ4n) is 4.02. The van der Waals surface area contributed by atoms with Crippen LogP contribution in [0.25, 0.3) is 22.3 Å². The molecular weight excluding hydrogens is 428 g/mol. The Morgan fingerprint density at radius 2 is 1.69 bits per heavy atom. The molecule has 164 valence electrons. The van der Waals surface area contributed by atoms with Gasteiger partial charge in [0.1, 0.15) is 35.1 Å². The highest BCUT2D eigenvalue weighted by molar-refractivity contribution is 6.13. The van der Waals surface area contributed by atoms with E-state index in [1.807, 2.05) is 53.2 Å². The summed E-state index contributed by atoms with van der Waals surface area (Å²) in [7, 11) is 1.64. The molecule has 1 aliphatic rings. The average molecular weight is 451 g/mol. The molecule has 1 fully saturated rings. The van der Waals surface area contributed by atoms with Crippen molar-refractivity contribution in [2.24, 2.45) is 0 Å². The van der Waals surface area contributed by atoms with Crippen LogP contribution in [-0.4, -0.2) is 44.4 Å². The Bertz CT molecular complexity index is 1230. The minimum atomic E-state index is 0.129. The molecule has 2 N–H and O–H groups in total. The number of nitrogens with zero attached hydrogens (tertiary/aromatic N) is 5. The van der Waals surface area contributed by atoms with Crippen LogP contribution >= 0.6 is 11.8 Å². The number of ether oxygens (including phenoxy) is 2. The molecule has 5 rings (SSSR count). The molecule has 3 heterocycles. The second kappa shape index (κ2) is 8.64. The van der Waals surface area contributed by atoms with Gasteiger partial charge in [0.2, 0.25) is 0 Å². The van der Waals surface area contributed by atoms with Gasteiger partial charge < -0.3 is 15.2 Å². The lowest BCUT2D eigenvalue weighted by Gasteiger charge is -2.27. The number of nitrogen functional groups attached to an aromatic ring is 1. The molecule has 0 radical (unpaired) electrons. The summed E-state index contributed by atoms with van der Waals surface area (Å²) in [6.45, 7) is 1.58. The van der Waals surface area contributed by atoms with E-state index in [2.05, 4.69) is 9.97 Å². The number of methoxy groups -OCH3 is 1. The maximum Gasteiger partial charge on any atom is 0.164 e. The fourth-order valence-corrected chi connectivity index (χ4v) is 4.30. The molecule has 32 heavy (non-hydrogen) atoms. The van der Waals surface area contributed by atoms with E-state index in [-0.39, 0.29) is 6.04 Å². The predicted octanol–water partition coefficient (Wildman–Crippen LogP) is 4.67. The minimum Gasteiger partial charge on any atom is -0.497 e. The number of hydrogen-bond donors (Lipinski definition) is 1. The van der Waals surface area contributed by atoms with E-state index < -0.39 is 0 Å². The van der Waals surface area contributed by atoms with E-state index in [1.54, 1.807) is 11.5 Å². The van der Waals surface area contributed by atoms with Gasteiger partial charge in [-0.05, 0) is 73.1 Å². The quantitative estimate of drug-likeness (QED) is 0.442. The van der Waals surface area contributed by atoms with E-state index >= 15 is 0 Å². The lowest BCUT2D eigenvalue weighted by molar-refractivity contribution is 0.266. The molecule has 4 aromatic rings. The van der Waals surface area contributed by atoms with Crippen molar-refractivity contribution in [2.75, 3.05) is 25.9 Å². The molecule has 0 bridgehead atoms. The zero-order valence-electron chi connectivity index (χ0n) is 17.6. The van der Waals surface area contributed by atoms with Gasteiger partial charge in [-0.1, -0.05) is 0 Å². The van der Waals surface area contributed by atoms with Gasteiger partial charge in [-0.2, -0.15) is 5.10 Å². The van der Waals surface area contributed by atoms with Crippen LogP contribution in [0.3, 0.4) is 0 Å². The normalized spacial score (nSPS) is 16.9. The van der Waals surface area contributed by atoms with Gasteiger partial charge in [0, 0.05) is 18.7 Å². The Hall–Kier alpha value is -3.36. The van der Waals surface area contributed by atoms with Crippen molar-refractivity contribution in [1.82, 2.24) is 24.2 Å². The van der Waals surface area contributed by atoms with Crippen LogP contribution in [0.1, 0.15) is 18.9 Å². The van der Waals surface area contributed by atoms with Crippen molar-refractivity contribution in [3.63, 3.8) is 0 Å². The molecule has 1 atom stereocenters. The summed E-state index contributed by atoms with van der Waals surface area (Å²) in [4.78, 5) is 8.69. The highest BCUT2D eigenvalue weighted by Crippen LogP contribution is 2.35. The maximum atomic E-state index is 6.28. The van der Waals surface area contributed by atoms with Crippen molar-refractivity contribution in [1.29, 1.82) is 0 Å². The smallest absolute Gasteiger partial charge is 0.164 e. The van der Waals surface area contributed by atoms with Crippen molar-refractivity contribution < 1.29 is 9.47 Å². The molecule has 0 amide bonds. The summed E-state index contributed by atoms with van der Waals surface area (Å²) >= 11 is 6.28. The number of anilines is 1. The first-order chi connectivity index (χ1) is 15.6. The largest absolute Gasteiger partial charge is 0.497 e. The average Bonchev–Trinajstić information content (AvgIpc) is 3.21. The second-order valence-corrected chi connectivity index (χ2v) is 8.20. The van der Waals surface area contributed by atoms with Crippen molar-refractivity contribution in [2.45, 2.75) is 18.9 Å². The van der Waals surface area contributed by atoms with Crippen LogP contribution < -0.4 is 15.2 Å². The minimum absolute atomic E-state index is 0.129. The third-order valence-electron chi connectivity index (χ3n) is 5.63. The van der Waals surface area contributed by atoms with Crippen LogP contribution in [0.4, 0.5) is 5.82 Å². The molecule has 0 aliphatic carbocycles. The lowest BCUT2D eigenvalue weighted by Crippen LogP contribution is -2.31. The number of nitrogens with two attached hydrogens (primary N) is 1. The third kappa shape index (κ3) is 3.94. The summed E-state index contributed by atoms with van der Waals surface area (Å²) in [5.74, 6) is 2.64. The van der Waals surface area contributed by atoms with Gasteiger partial charge in [0.05, 0.1) is 18.5 Å². The summed E-state index contributed by atoms with van der Waals surface area (Å²) < 4.78 is 14.9. The summed E-state index contributed by atoms with van der Waals surface area (Å²) in [5, 5.41) is 5.66. The van der Waals surface area contributed by atoms with Crippen LogP contribution in [-0.2, 0) is 0 Å². The van der Waals surface area contributed by atoms with Crippen molar-refractivity contribution >= 4 is 28.6 Å². The number of halogens is 1. The molecule has 9 heteroatoms. The van der Waals surface area contributed by atoms with E-state index in [9.17, 15) is 0 Å². The Morgan fingerprint density at radius 3 is 2.38 bits per heavy atom. The Balaban J connectivity index is 1.47. The summed E-state index contributed by atoms with van der Waals surface area (Å²) in [5.41, 5.74) is 8.63. The van der Waals surface area contributed by atoms with Crippen molar-refractivity contribution in [3.05, 3.63) is 54.9 Å². The van der Waals surface area contributed by atoms with Crippen LogP contribution in [0.15, 0.2) is 54.9 Å². The number of piperidine rings is 1. The van der Waals surface area contributed by atoms with E-state index in [0.717, 1.165) is 58.9 Å². The molecule has 2 aromatic carbocycles. The molecule has 2 aromatic heterocycles. The first-order valence-corrected chi connectivity index (χ1v) is 10.8. The Labute approximate surface area is 190 Å². The topological polar surface area (TPSA) is 91.3 Å². The van der Waals surface area contributed by atoms with Gasteiger partial charge in [0.25, 0.3) is 0 Å². The zero-order chi connectivity index (χ0) is 22.1. The highest BCUT2D eigenvalue weighted by atomic mass is 35.5. The van der Waals surface area contributed by atoms with Crippen LogP contribution in [0.5, 0.6) is 17.2 Å². The number of rotatable bonds is 5. The number of benzene rings is 2. The first-order valence-electron chi connectivity index (χ1n) is 10.4. The number of hydrogen-bond acceptors (Lipinski definition) is 7. The van der Waals surface area contributed by atoms with Gasteiger partial charge in [0.15, 0.2) is 5.65 Å². The van der Waals surface area contributed by atoms with E-state index in [1.165, 1.54) is 6.33 Å². The monoisotopic (exact) mass is 450 g/mol. The summed E-state index contributed by atoms with van der Waals surface area (Å²) in [6.07, 6.45) is 3.47. The lowest BCUT2D eigenvalue weighted by atomic mass is 10.1. The summed E-state index contributed by atoms with van der Waals surface area (Å²) in [6, 6.07) is 15.3.